The molecule has 0 fully saturated rings. The third-order valence-corrected chi connectivity index (χ3v) is 5.54. The minimum absolute atomic E-state index is 0.0505. The predicted octanol–water partition coefficient (Wildman–Crippen LogP) is 2.93. The van der Waals surface area contributed by atoms with Crippen LogP contribution in [-0.2, 0) is 14.3 Å². The number of aromatic nitrogens is 1. The number of Topliss-reactive ketones (excluding diaryl/α,β-unsaturated/α-hetero) is 1. The molecule has 1 aromatic carbocycles. The molecular formula is C21H26N2O5S. The van der Waals surface area contributed by atoms with Gasteiger partial charge in [-0.3, -0.25) is 9.59 Å². The van der Waals surface area contributed by atoms with Gasteiger partial charge in [-0.05, 0) is 39.0 Å². The van der Waals surface area contributed by atoms with Crippen molar-refractivity contribution in [1.29, 1.82) is 0 Å². The van der Waals surface area contributed by atoms with Gasteiger partial charge in [-0.15, -0.1) is 11.8 Å². The van der Waals surface area contributed by atoms with E-state index in [1.807, 2.05) is 25.3 Å². The largest absolute Gasteiger partial charge is 0.454 e. The molecule has 0 saturated heterocycles. The van der Waals surface area contributed by atoms with Crippen molar-refractivity contribution in [2.75, 3.05) is 26.1 Å². The Kier molecular flexibility index (Phi) is 8.04. The Bertz CT molecular complexity index is 906. The lowest BCUT2D eigenvalue weighted by Crippen LogP contribution is -2.17. The van der Waals surface area contributed by atoms with Crippen LogP contribution in [0.5, 0.6) is 0 Å². The van der Waals surface area contributed by atoms with Crippen LogP contribution in [0.15, 0.2) is 35.2 Å². The summed E-state index contributed by atoms with van der Waals surface area (Å²) in [5, 5.41) is 0. The maximum Gasteiger partial charge on any atom is 0.339 e. The summed E-state index contributed by atoms with van der Waals surface area (Å²) >= 11 is 1.15. The zero-order valence-electron chi connectivity index (χ0n) is 17.1. The number of thioether (sulfide) groups is 1. The number of methoxy groups -OCH3 is 1. The van der Waals surface area contributed by atoms with Crippen molar-refractivity contribution in [3.63, 3.8) is 0 Å². The Labute approximate surface area is 174 Å². The Morgan fingerprint density at radius 1 is 1.17 bits per heavy atom. The van der Waals surface area contributed by atoms with E-state index in [9.17, 15) is 14.4 Å². The van der Waals surface area contributed by atoms with E-state index < -0.39 is 11.9 Å². The molecule has 0 radical (unpaired) electrons. The summed E-state index contributed by atoms with van der Waals surface area (Å²) in [7, 11) is 1.63. The Morgan fingerprint density at radius 2 is 1.86 bits per heavy atom. The van der Waals surface area contributed by atoms with E-state index >= 15 is 0 Å². The highest BCUT2D eigenvalue weighted by Gasteiger charge is 2.21. The van der Waals surface area contributed by atoms with E-state index in [0.29, 0.717) is 22.6 Å². The van der Waals surface area contributed by atoms with E-state index in [1.54, 1.807) is 37.4 Å². The number of aryl methyl sites for hydroxylation is 1. The van der Waals surface area contributed by atoms with E-state index in [2.05, 4.69) is 0 Å². The topological polar surface area (TPSA) is 101 Å². The van der Waals surface area contributed by atoms with Crippen LogP contribution in [0.1, 0.15) is 45.1 Å². The van der Waals surface area contributed by atoms with Gasteiger partial charge >= 0.3 is 5.97 Å². The summed E-state index contributed by atoms with van der Waals surface area (Å²) in [5.41, 5.74) is 7.74. The molecule has 0 unspecified atom stereocenters. The molecule has 2 rings (SSSR count). The van der Waals surface area contributed by atoms with Crippen LogP contribution in [0, 0.1) is 13.8 Å². The monoisotopic (exact) mass is 418 g/mol. The van der Waals surface area contributed by atoms with Gasteiger partial charge in [0.05, 0.1) is 24.0 Å². The van der Waals surface area contributed by atoms with Gasteiger partial charge in [0.25, 0.3) is 0 Å². The van der Waals surface area contributed by atoms with Crippen LogP contribution >= 0.6 is 11.8 Å². The van der Waals surface area contributed by atoms with E-state index in [1.165, 1.54) is 0 Å². The minimum Gasteiger partial charge on any atom is -0.454 e. The van der Waals surface area contributed by atoms with E-state index in [-0.39, 0.29) is 24.2 Å². The molecule has 1 aromatic heterocycles. The molecule has 8 heteroatoms. The molecule has 2 aromatic rings. The van der Waals surface area contributed by atoms with Gasteiger partial charge in [0, 0.05) is 29.0 Å². The van der Waals surface area contributed by atoms with Gasteiger partial charge in [-0.1, -0.05) is 12.1 Å². The van der Waals surface area contributed by atoms with E-state index in [4.69, 9.17) is 15.2 Å². The summed E-state index contributed by atoms with van der Waals surface area (Å²) in [6.45, 7) is 5.96. The fraction of sp³-hybridized carbons (Fsp3) is 0.381. The number of ether oxygens (including phenoxy) is 2. The highest BCUT2D eigenvalue weighted by molar-refractivity contribution is 8.00. The number of benzene rings is 1. The lowest BCUT2D eigenvalue weighted by atomic mass is 10.1. The number of esters is 1. The van der Waals surface area contributed by atoms with Crippen LogP contribution in [0.2, 0.25) is 0 Å². The second kappa shape index (κ2) is 10.3. The van der Waals surface area contributed by atoms with Gasteiger partial charge in [-0.2, -0.15) is 0 Å². The summed E-state index contributed by atoms with van der Waals surface area (Å²) in [5.74, 6) is -1.32. The van der Waals surface area contributed by atoms with E-state index in [0.717, 1.165) is 23.1 Å². The van der Waals surface area contributed by atoms with Crippen LogP contribution in [0.25, 0.3) is 0 Å². The maximum atomic E-state index is 12.7. The average molecular weight is 419 g/mol. The Hall–Kier alpha value is -2.58. The van der Waals surface area contributed by atoms with Crippen LogP contribution < -0.4 is 5.73 Å². The molecule has 29 heavy (non-hydrogen) atoms. The van der Waals surface area contributed by atoms with Gasteiger partial charge in [-0.25, -0.2) is 4.79 Å². The number of ketones is 1. The van der Waals surface area contributed by atoms with Crippen molar-refractivity contribution in [3.05, 3.63) is 52.8 Å². The smallest absolute Gasteiger partial charge is 0.339 e. The quantitative estimate of drug-likeness (QED) is 0.362. The Balaban J connectivity index is 2.09. The first kappa shape index (κ1) is 22.7. The molecular weight excluding hydrogens is 392 g/mol. The number of primary amides is 1. The summed E-state index contributed by atoms with van der Waals surface area (Å²) in [6, 6.07) is 8.62. The third-order valence-electron chi connectivity index (χ3n) is 4.44. The second-order valence-corrected chi connectivity index (χ2v) is 7.73. The van der Waals surface area contributed by atoms with Crippen molar-refractivity contribution in [2.45, 2.75) is 31.7 Å². The lowest BCUT2D eigenvalue weighted by Gasteiger charge is -2.17. The molecule has 0 aliphatic rings. The molecule has 2 N–H and O–H groups in total. The van der Waals surface area contributed by atoms with Crippen LogP contribution in [0.4, 0.5) is 0 Å². The number of carbonyl (C=O) groups is 3. The number of hydrogen-bond acceptors (Lipinski definition) is 6. The van der Waals surface area contributed by atoms with Crippen molar-refractivity contribution >= 4 is 29.4 Å². The molecule has 0 aliphatic heterocycles. The third kappa shape index (κ3) is 5.71. The normalized spacial score (nSPS) is 11.9. The fourth-order valence-electron chi connectivity index (χ4n) is 3.25. The fourth-order valence-corrected chi connectivity index (χ4v) is 4.03. The zero-order valence-corrected chi connectivity index (χ0v) is 17.9. The minimum atomic E-state index is -0.618. The standard InChI is InChI=1S/C21H26N2O5S/c1-13-9-17(15(3)23(13)14(2)10-27-4)18(24)11-28-21(26)16-7-5-6-8-19(16)29-12-20(22)25/h5-9,14H,10-12H2,1-4H3,(H2,22,25)/t14-/m0/s1. The molecule has 0 saturated carbocycles. The van der Waals surface area contributed by atoms with Crippen LogP contribution in [-0.4, -0.2) is 48.3 Å². The van der Waals surface area contributed by atoms with Gasteiger partial charge in [0.15, 0.2) is 6.61 Å². The number of amides is 1. The SMILES string of the molecule is COC[C@H](C)n1c(C)cc(C(=O)COC(=O)c2ccccc2SCC(N)=O)c1C. The number of hydrogen-bond donors (Lipinski definition) is 1. The maximum absolute atomic E-state index is 12.7. The summed E-state index contributed by atoms with van der Waals surface area (Å²) in [6.07, 6.45) is 0. The summed E-state index contributed by atoms with van der Waals surface area (Å²) < 4.78 is 12.5. The molecule has 0 aliphatic carbocycles. The van der Waals surface area contributed by atoms with Crippen molar-refractivity contribution in [2.24, 2.45) is 5.73 Å². The van der Waals surface area contributed by atoms with Gasteiger partial charge in [0.1, 0.15) is 0 Å². The predicted molar refractivity (Wildman–Crippen MR) is 111 cm³/mol. The number of nitrogens with two attached hydrogens (primary N) is 1. The van der Waals surface area contributed by atoms with Crippen molar-refractivity contribution in [1.82, 2.24) is 4.57 Å². The first-order chi connectivity index (χ1) is 13.8. The molecule has 1 amide bonds. The zero-order chi connectivity index (χ0) is 21.6. The number of nitrogens with zero attached hydrogens (tertiary/aromatic N) is 1. The average Bonchev–Trinajstić information content (AvgIpc) is 2.98. The Morgan fingerprint density at radius 3 is 2.52 bits per heavy atom. The highest BCUT2D eigenvalue weighted by atomic mass is 32.2. The molecule has 7 nitrogen and oxygen atoms in total. The van der Waals surface area contributed by atoms with Gasteiger partial charge < -0.3 is 19.8 Å². The first-order valence-electron chi connectivity index (χ1n) is 9.14. The lowest BCUT2D eigenvalue weighted by molar-refractivity contribution is -0.115. The van der Waals surface area contributed by atoms with Crippen molar-refractivity contribution in [3.8, 4) is 0 Å². The van der Waals surface area contributed by atoms with Gasteiger partial charge in [0.2, 0.25) is 11.7 Å². The van der Waals surface area contributed by atoms with Crippen LogP contribution in [0.3, 0.4) is 0 Å². The first-order valence-corrected chi connectivity index (χ1v) is 10.1. The number of carbonyl (C=O) groups excluding carboxylic acids is 3. The molecule has 156 valence electrons. The summed E-state index contributed by atoms with van der Waals surface area (Å²) in [4.78, 5) is 36.7. The second-order valence-electron chi connectivity index (χ2n) is 6.71. The number of rotatable bonds is 10. The highest BCUT2D eigenvalue weighted by Crippen LogP contribution is 2.24. The molecule has 1 heterocycles. The molecule has 0 bridgehead atoms. The van der Waals surface area contributed by atoms with Crippen molar-refractivity contribution < 1.29 is 23.9 Å². The molecule has 0 spiro atoms. The molecule has 1 atom stereocenters.